The van der Waals surface area contributed by atoms with Gasteiger partial charge in [-0.15, -0.1) is 0 Å². The van der Waals surface area contributed by atoms with Gasteiger partial charge in [-0.05, 0) is 37.0 Å². The zero-order chi connectivity index (χ0) is 19.6. The van der Waals surface area contributed by atoms with Gasteiger partial charge >= 0.3 is 0 Å². The van der Waals surface area contributed by atoms with Crippen molar-refractivity contribution < 1.29 is 8.63 Å². The molecule has 2 N–H and O–H groups in total. The molecule has 3 rings (SSSR count). The maximum absolute atomic E-state index is 12.2. The van der Waals surface area contributed by atoms with Gasteiger partial charge in [0.05, 0.1) is 12.8 Å². The van der Waals surface area contributed by atoms with Gasteiger partial charge in [0.25, 0.3) is 0 Å². The Bertz CT molecular complexity index is 746. The van der Waals surface area contributed by atoms with E-state index in [1.807, 2.05) is 37.3 Å². The molecule has 1 aliphatic rings. The van der Waals surface area contributed by atoms with Gasteiger partial charge < -0.3 is 15.1 Å². The van der Waals surface area contributed by atoms with Crippen LogP contribution < -0.4 is 10.6 Å². The Hall–Kier alpha value is -2.08. The van der Waals surface area contributed by atoms with Crippen LogP contribution in [-0.4, -0.2) is 33.8 Å². The van der Waals surface area contributed by atoms with Gasteiger partial charge in [-0.25, -0.2) is 4.99 Å². The van der Waals surface area contributed by atoms with Gasteiger partial charge in [0, 0.05) is 40.8 Å². The van der Waals surface area contributed by atoms with Crippen molar-refractivity contribution in [1.82, 2.24) is 10.6 Å². The molecule has 0 aliphatic heterocycles. The Balaban J connectivity index is 1.60. The maximum Gasteiger partial charge on any atom is 0.191 e. The van der Waals surface area contributed by atoms with Crippen LogP contribution in [0.2, 0.25) is 0 Å². The summed E-state index contributed by atoms with van der Waals surface area (Å²) >= 11 is 0. The molecule has 1 aromatic heterocycles. The second-order valence-corrected chi connectivity index (χ2v) is 9.21. The average Bonchev–Trinajstić information content (AvgIpc) is 3.26. The van der Waals surface area contributed by atoms with E-state index in [9.17, 15) is 4.21 Å². The maximum atomic E-state index is 12.2. The molecule has 1 aromatic carbocycles. The summed E-state index contributed by atoms with van der Waals surface area (Å²) in [6.07, 6.45) is 6.75. The highest BCUT2D eigenvalue weighted by Crippen LogP contribution is 2.23. The minimum atomic E-state index is -0.721. The fraction of sp³-hybridized carbons (Fsp3) is 0.500. The first-order chi connectivity index (χ1) is 13.7. The highest BCUT2D eigenvalue weighted by Gasteiger charge is 2.26. The van der Waals surface area contributed by atoms with Crippen molar-refractivity contribution in [3.05, 3.63) is 60.1 Å². The third-order valence-electron chi connectivity index (χ3n) is 5.13. The van der Waals surface area contributed by atoms with Crippen molar-refractivity contribution >= 4 is 16.8 Å². The van der Waals surface area contributed by atoms with E-state index < -0.39 is 10.8 Å². The van der Waals surface area contributed by atoms with Crippen LogP contribution in [0.15, 0.2) is 58.1 Å². The molecule has 152 valence electrons. The van der Waals surface area contributed by atoms with Crippen molar-refractivity contribution in [3.63, 3.8) is 0 Å². The highest BCUT2D eigenvalue weighted by molar-refractivity contribution is 7.85. The smallest absolute Gasteiger partial charge is 0.191 e. The molecule has 0 bridgehead atoms. The van der Waals surface area contributed by atoms with Crippen LogP contribution in [0.1, 0.15) is 43.9 Å². The normalized spacial score (nSPS) is 21.2. The number of hydrogen-bond donors (Lipinski definition) is 2. The Morgan fingerprint density at radius 2 is 2.07 bits per heavy atom. The van der Waals surface area contributed by atoms with Gasteiger partial charge in [0.1, 0.15) is 5.76 Å². The first-order valence-corrected chi connectivity index (χ1v) is 11.6. The van der Waals surface area contributed by atoms with Crippen molar-refractivity contribution in [2.75, 3.05) is 12.3 Å². The summed E-state index contributed by atoms with van der Waals surface area (Å²) in [5.74, 6) is 2.53. The van der Waals surface area contributed by atoms with Crippen LogP contribution in [0.5, 0.6) is 0 Å². The lowest BCUT2D eigenvalue weighted by atomic mass is 9.95. The summed E-state index contributed by atoms with van der Waals surface area (Å²) in [6.45, 7) is 3.40. The Kier molecular flexibility index (Phi) is 8.15. The number of rotatable bonds is 8. The molecule has 0 amide bonds. The average molecular weight is 402 g/mol. The van der Waals surface area contributed by atoms with Gasteiger partial charge in [-0.3, -0.25) is 4.21 Å². The minimum Gasteiger partial charge on any atom is -0.469 e. The predicted octanol–water partition coefficient (Wildman–Crippen LogP) is 3.64. The zero-order valence-corrected chi connectivity index (χ0v) is 17.4. The molecule has 0 spiro atoms. The topological polar surface area (TPSA) is 66.6 Å². The molecule has 3 atom stereocenters. The monoisotopic (exact) mass is 401 g/mol. The number of guanidine groups is 1. The van der Waals surface area contributed by atoms with E-state index in [1.54, 1.807) is 6.26 Å². The van der Waals surface area contributed by atoms with Crippen LogP contribution >= 0.6 is 0 Å². The fourth-order valence-electron chi connectivity index (χ4n) is 3.61. The molecule has 28 heavy (non-hydrogen) atoms. The van der Waals surface area contributed by atoms with Crippen molar-refractivity contribution in [2.24, 2.45) is 4.99 Å². The van der Waals surface area contributed by atoms with E-state index in [4.69, 9.17) is 9.41 Å². The van der Waals surface area contributed by atoms with E-state index in [1.165, 1.54) is 5.56 Å². The standard InChI is InChI=1S/C22H31N3O2S/c1-2-28(26)21-12-6-10-19(16-21)25-22(23-14-13-20-11-7-15-27-20)24-17-18-8-4-3-5-9-18/h3-5,7-9,11,15,19,21H,2,6,10,12-14,16-17H2,1H3,(H2,23,24,25). The Morgan fingerprint density at radius 3 is 2.82 bits per heavy atom. The van der Waals surface area contributed by atoms with Gasteiger partial charge in [-0.2, -0.15) is 0 Å². The summed E-state index contributed by atoms with van der Waals surface area (Å²) < 4.78 is 17.7. The number of benzene rings is 1. The molecule has 3 unspecified atom stereocenters. The molecule has 2 aromatic rings. The Morgan fingerprint density at radius 1 is 1.21 bits per heavy atom. The fourth-order valence-corrected chi connectivity index (χ4v) is 4.96. The quantitative estimate of drug-likeness (QED) is 0.524. The lowest BCUT2D eigenvalue weighted by Gasteiger charge is -2.30. The largest absolute Gasteiger partial charge is 0.469 e. The van der Waals surface area contributed by atoms with E-state index in [-0.39, 0.29) is 0 Å². The summed E-state index contributed by atoms with van der Waals surface area (Å²) in [4.78, 5) is 4.78. The number of hydrogen-bond acceptors (Lipinski definition) is 3. The van der Waals surface area contributed by atoms with E-state index in [2.05, 4.69) is 22.8 Å². The number of furan rings is 1. The third-order valence-corrected chi connectivity index (χ3v) is 6.87. The Labute approximate surface area is 170 Å². The highest BCUT2D eigenvalue weighted by atomic mass is 32.2. The molecule has 0 saturated heterocycles. The van der Waals surface area contributed by atoms with E-state index in [0.29, 0.717) is 17.8 Å². The molecule has 1 fully saturated rings. The predicted molar refractivity (Wildman–Crippen MR) is 116 cm³/mol. The zero-order valence-electron chi connectivity index (χ0n) is 16.6. The molecule has 1 saturated carbocycles. The molecule has 6 heteroatoms. The van der Waals surface area contributed by atoms with Crippen LogP contribution in [0.4, 0.5) is 0 Å². The van der Waals surface area contributed by atoms with Gasteiger partial charge in [-0.1, -0.05) is 43.7 Å². The summed E-state index contributed by atoms with van der Waals surface area (Å²) in [7, 11) is -0.721. The molecule has 1 aliphatic carbocycles. The first kappa shape index (κ1) is 20.6. The van der Waals surface area contributed by atoms with E-state index in [0.717, 1.165) is 56.1 Å². The van der Waals surface area contributed by atoms with Crippen molar-refractivity contribution in [3.8, 4) is 0 Å². The summed E-state index contributed by atoms with van der Waals surface area (Å²) in [6, 6.07) is 14.5. The van der Waals surface area contributed by atoms with Crippen LogP contribution in [0.3, 0.4) is 0 Å². The van der Waals surface area contributed by atoms with E-state index >= 15 is 0 Å². The van der Waals surface area contributed by atoms with Crippen molar-refractivity contribution in [1.29, 1.82) is 0 Å². The number of nitrogens with one attached hydrogen (secondary N) is 2. The second-order valence-electron chi connectivity index (χ2n) is 7.21. The molecule has 1 heterocycles. The number of aliphatic imine (C=N–C) groups is 1. The molecular weight excluding hydrogens is 370 g/mol. The lowest BCUT2D eigenvalue weighted by molar-refractivity contribution is 0.413. The van der Waals surface area contributed by atoms with Crippen LogP contribution in [0.25, 0.3) is 0 Å². The summed E-state index contributed by atoms with van der Waals surface area (Å²) in [5, 5.41) is 7.33. The van der Waals surface area contributed by atoms with Crippen molar-refractivity contribution in [2.45, 2.75) is 56.9 Å². The summed E-state index contributed by atoms with van der Waals surface area (Å²) in [5.41, 5.74) is 1.18. The van der Waals surface area contributed by atoms with Gasteiger partial charge in [0.15, 0.2) is 5.96 Å². The second kappa shape index (κ2) is 11.1. The van der Waals surface area contributed by atoms with Crippen LogP contribution in [-0.2, 0) is 23.8 Å². The lowest BCUT2D eigenvalue weighted by Crippen LogP contribution is -2.47. The van der Waals surface area contributed by atoms with Crippen LogP contribution in [0, 0.1) is 0 Å². The minimum absolute atomic E-state index is 0.301. The molecular formula is C22H31N3O2S. The third kappa shape index (κ3) is 6.51. The number of nitrogens with zero attached hydrogens (tertiary/aromatic N) is 1. The molecule has 5 nitrogen and oxygen atoms in total. The van der Waals surface area contributed by atoms with Gasteiger partial charge in [0.2, 0.25) is 0 Å². The first-order valence-electron chi connectivity index (χ1n) is 10.2. The SMILES string of the molecule is CCS(=O)C1CCCC(NC(=NCc2ccccc2)NCCc2ccco2)C1. The molecule has 0 radical (unpaired) electrons.